The van der Waals surface area contributed by atoms with Crippen LogP contribution in [0.5, 0.6) is 11.5 Å². The summed E-state index contributed by atoms with van der Waals surface area (Å²) in [5.41, 5.74) is 12.1. The molecule has 0 aliphatic carbocycles. The molecule has 7 nitrogen and oxygen atoms in total. The molecule has 0 amide bonds. The first-order valence-corrected chi connectivity index (χ1v) is 9.27. The van der Waals surface area contributed by atoms with Crippen molar-refractivity contribution in [3.05, 3.63) is 59.1 Å². The first kappa shape index (κ1) is 24.4. The van der Waals surface area contributed by atoms with Crippen LogP contribution in [0.25, 0.3) is 0 Å². The van der Waals surface area contributed by atoms with Crippen molar-refractivity contribution in [3.8, 4) is 11.5 Å². The highest BCUT2D eigenvalue weighted by atomic mass is 35.5. The first-order valence-electron chi connectivity index (χ1n) is 8.89. The zero-order chi connectivity index (χ0) is 21.7. The van der Waals surface area contributed by atoms with Gasteiger partial charge in [-0.2, -0.15) is 4.99 Å². The van der Waals surface area contributed by atoms with Crippen LogP contribution in [0.2, 0.25) is 5.02 Å². The molecule has 4 N–H and O–H groups in total. The monoisotopic (exact) mass is 477 g/mol. The van der Waals surface area contributed by atoms with Crippen LogP contribution in [0.4, 0.5) is 13.2 Å². The summed E-state index contributed by atoms with van der Waals surface area (Å²) in [6.45, 7) is 0.753. The number of hydrogen-bond acceptors (Lipinski definition) is 7. The average molecular weight is 478 g/mol. The van der Waals surface area contributed by atoms with Crippen molar-refractivity contribution in [2.45, 2.75) is 18.9 Å². The minimum atomic E-state index is -4.80. The fourth-order valence-corrected chi connectivity index (χ4v) is 2.98. The third kappa shape index (κ3) is 7.11. The van der Waals surface area contributed by atoms with Gasteiger partial charge >= 0.3 is 6.36 Å². The minimum Gasteiger partial charge on any atom is -0.494 e. The molecule has 1 aliphatic rings. The van der Waals surface area contributed by atoms with Gasteiger partial charge in [-0.05, 0) is 42.8 Å². The van der Waals surface area contributed by atoms with E-state index in [2.05, 4.69) is 14.7 Å². The van der Waals surface area contributed by atoms with E-state index in [4.69, 9.17) is 27.8 Å². The molecular weight excluding hydrogens is 458 g/mol. The molecule has 168 valence electrons. The molecule has 0 spiro atoms. The summed E-state index contributed by atoms with van der Waals surface area (Å²) >= 11 is 5.84. The molecule has 31 heavy (non-hydrogen) atoms. The van der Waals surface area contributed by atoms with Gasteiger partial charge in [0.05, 0.1) is 6.61 Å². The van der Waals surface area contributed by atoms with Crippen molar-refractivity contribution in [1.29, 1.82) is 0 Å². The van der Waals surface area contributed by atoms with Crippen LogP contribution in [0.15, 0.2) is 58.5 Å². The van der Waals surface area contributed by atoms with Gasteiger partial charge in [0.1, 0.15) is 11.5 Å². The van der Waals surface area contributed by atoms with E-state index in [1.54, 1.807) is 35.2 Å². The second-order valence-electron chi connectivity index (χ2n) is 6.30. The third-order valence-corrected chi connectivity index (χ3v) is 4.34. The molecule has 2 aromatic rings. The highest BCUT2D eigenvalue weighted by Gasteiger charge is 2.32. The zero-order valence-corrected chi connectivity index (χ0v) is 17.6. The standard InChI is InChI=1S/C19H19ClF3N5O2.ClH/c20-13-5-7-14(8-6-13)29-10-2-9-28-16(26-17(24)27-18(28)25)12-3-1-4-15(11-12)30-19(21,22)23;/h1,3-8,11,16H,2,9-10H2,(H4,24,25,26,27);1H. The lowest BCUT2D eigenvalue weighted by Crippen LogP contribution is -2.44. The molecule has 1 heterocycles. The van der Waals surface area contributed by atoms with E-state index in [0.29, 0.717) is 35.9 Å². The van der Waals surface area contributed by atoms with E-state index in [-0.39, 0.29) is 30.1 Å². The second kappa shape index (κ2) is 10.5. The first-order chi connectivity index (χ1) is 14.2. The van der Waals surface area contributed by atoms with Crippen LogP contribution >= 0.6 is 24.0 Å². The van der Waals surface area contributed by atoms with E-state index < -0.39 is 12.5 Å². The molecule has 1 atom stereocenters. The average Bonchev–Trinajstić information content (AvgIpc) is 2.66. The maximum Gasteiger partial charge on any atom is 0.573 e. The SMILES string of the molecule is Cl.NC1=NC(c2cccc(OC(F)(F)F)c2)N(CCCOc2ccc(Cl)cc2)C(N)=N1. The number of guanidine groups is 2. The molecule has 2 aromatic carbocycles. The van der Waals surface area contributed by atoms with Gasteiger partial charge in [-0.25, -0.2) is 4.99 Å². The lowest BCUT2D eigenvalue weighted by Gasteiger charge is -2.32. The molecule has 0 fully saturated rings. The summed E-state index contributed by atoms with van der Waals surface area (Å²) in [5.74, 6) is 0.353. The van der Waals surface area contributed by atoms with E-state index in [9.17, 15) is 13.2 Å². The van der Waals surface area contributed by atoms with Crippen molar-refractivity contribution < 1.29 is 22.6 Å². The maximum absolute atomic E-state index is 12.5. The fraction of sp³-hybridized carbons (Fsp3) is 0.263. The van der Waals surface area contributed by atoms with E-state index in [1.807, 2.05) is 0 Å². The Bertz CT molecular complexity index is 939. The van der Waals surface area contributed by atoms with Crippen LogP contribution in [0.3, 0.4) is 0 Å². The Kier molecular flexibility index (Phi) is 8.23. The maximum atomic E-state index is 12.5. The summed E-state index contributed by atoms with van der Waals surface area (Å²) in [6, 6.07) is 12.4. The van der Waals surface area contributed by atoms with Gasteiger partial charge < -0.3 is 25.8 Å². The Morgan fingerprint density at radius 1 is 1.06 bits per heavy atom. The van der Waals surface area contributed by atoms with Gasteiger partial charge in [0, 0.05) is 17.1 Å². The number of alkyl halides is 3. The normalized spacial score (nSPS) is 16.1. The number of hydrogen-bond donors (Lipinski definition) is 2. The minimum absolute atomic E-state index is 0. The van der Waals surface area contributed by atoms with Gasteiger partial charge in [-0.15, -0.1) is 25.6 Å². The predicted molar refractivity (Wildman–Crippen MR) is 115 cm³/mol. The molecule has 1 unspecified atom stereocenters. The lowest BCUT2D eigenvalue weighted by atomic mass is 10.1. The fourth-order valence-electron chi connectivity index (χ4n) is 2.85. The summed E-state index contributed by atoms with van der Waals surface area (Å²) in [5, 5.41) is 0.606. The molecule has 0 saturated carbocycles. The zero-order valence-electron chi connectivity index (χ0n) is 16.1. The molecule has 0 radical (unpaired) electrons. The lowest BCUT2D eigenvalue weighted by molar-refractivity contribution is -0.274. The van der Waals surface area contributed by atoms with Crippen LogP contribution in [0, 0.1) is 0 Å². The highest BCUT2D eigenvalue weighted by molar-refractivity contribution is 6.30. The van der Waals surface area contributed by atoms with Crippen LogP contribution in [-0.4, -0.2) is 36.3 Å². The highest BCUT2D eigenvalue weighted by Crippen LogP contribution is 2.30. The Balaban J connectivity index is 0.00000341. The number of aliphatic imine (C=N–C) groups is 2. The second-order valence-corrected chi connectivity index (χ2v) is 6.74. The number of benzene rings is 2. The Morgan fingerprint density at radius 3 is 2.45 bits per heavy atom. The number of ether oxygens (including phenoxy) is 2. The Morgan fingerprint density at radius 2 is 1.77 bits per heavy atom. The smallest absolute Gasteiger partial charge is 0.494 e. The van der Waals surface area contributed by atoms with Gasteiger partial charge in [-0.3, -0.25) is 0 Å². The summed E-state index contributed by atoms with van der Waals surface area (Å²) in [6.07, 6.45) is -4.99. The summed E-state index contributed by atoms with van der Waals surface area (Å²) < 4.78 is 47.3. The molecule has 3 rings (SSSR count). The molecular formula is C19H20Cl2F3N5O2. The van der Waals surface area contributed by atoms with Crippen LogP contribution in [-0.2, 0) is 0 Å². The van der Waals surface area contributed by atoms with Crippen molar-refractivity contribution in [3.63, 3.8) is 0 Å². The Labute approximate surface area is 187 Å². The topological polar surface area (TPSA) is 98.5 Å². The van der Waals surface area contributed by atoms with Gasteiger partial charge in [0.15, 0.2) is 6.17 Å². The Hall–Kier alpha value is -2.85. The third-order valence-electron chi connectivity index (χ3n) is 4.09. The van der Waals surface area contributed by atoms with E-state index >= 15 is 0 Å². The molecule has 0 bridgehead atoms. The number of nitrogens with two attached hydrogens (primary N) is 2. The van der Waals surface area contributed by atoms with Gasteiger partial charge in [-0.1, -0.05) is 23.7 Å². The predicted octanol–water partition coefficient (Wildman–Crippen LogP) is 4.07. The number of rotatable bonds is 7. The molecule has 0 saturated heterocycles. The van der Waals surface area contributed by atoms with E-state index in [1.165, 1.54) is 18.2 Å². The molecule has 1 aliphatic heterocycles. The quantitative estimate of drug-likeness (QED) is 0.585. The van der Waals surface area contributed by atoms with Crippen molar-refractivity contribution >= 4 is 35.9 Å². The van der Waals surface area contributed by atoms with Gasteiger partial charge in [0.2, 0.25) is 11.9 Å². The number of nitrogens with zero attached hydrogens (tertiary/aromatic N) is 3. The summed E-state index contributed by atoms with van der Waals surface area (Å²) in [7, 11) is 0. The molecule has 0 aromatic heterocycles. The summed E-state index contributed by atoms with van der Waals surface area (Å²) in [4.78, 5) is 9.81. The van der Waals surface area contributed by atoms with Crippen molar-refractivity contribution in [2.75, 3.05) is 13.2 Å². The van der Waals surface area contributed by atoms with E-state index in [0.717, 1.165) is 0 Å². The molecule has 12 heteroatoms. The van der Waals surface area contributed by atoms with Crippen molar-refractivity contribution in [2.24, 2.45) is 21.5 Å². The largest absolute Gasteiger partial charge is 0.573 e. The van der Waals surface area contributed by atoms with Gasteiger partial charge in [0.25, 0.3) is 0 Å². The number of halogens is 5. The van der Waals surface area contributed by atoms with Crippen molar-refractivity contribution in [1.82, 2.24) is 4.90 Å². The van der Waals surface area contributed by atoms with Crippen LogP contribution in [0.1, 0.15) is 18.2 Å². The van der Waals surface area contributed by atoms with Crippen LogP contribution < -0.4 is 20.9 Å².